The number of benzene rings is 2. The van der Waals surface area contributed by atoms with Crippen LogP contribution in [0.3, 0.4) is 0 Å². The zero-order chi connectivity index (χ0) is 17.2. The Morgan fingerprint density at radius 1 is 0.960 bits per heavy atom. The number of thiophene rings is 1. The molecule has 2 amide bonds. The van der Waals surface area contributed by atoms with Crippen LogP contribution in [0.1, 0.15) is 25.6 Å². The smallest absolute Gasteiger partial charge is 0.257 e. The summed E-state index contributed by atoms with van der Waals surface area (Å²) in [5.41, 5.74) is 3.16. The average Bonchev–Trinajstić information content (AvgIpc) is 3.10. The lowest BCUT2D eigenvalue weighted by Gasteiger charge is -2.10. The number of nitrogens with one attached hydrogen (secondary N) is 3. The van der Waals surface area contributed by atoms with Gasteiger partial charge in [0.05, 0.1) is 29.2 Å². The zero-order valence-corrected chi connectivity index (χ0v) is 14.0. The third-order valence-corrected chi connectivity index (χ3v) is 4.85. The van der Waals surface area contributed by atoms with E-state index in [1.165, 1.54) is 0 Å². The number of amides is 2. The first kappa shape index (κ1) is 15.4. The fourth-order valence-corrected chi connectivity index (χ4v) is 3.35. The van der Waals surface area contributed by atoms with Crippen LogP contribution in [0.2, 0.25) is 0 Å². The average molecular weight is 349 g/mol. The number of carbonyl (C=O) groups excluding carboxylic acids is 2. The van der Waals surface area contributed by atoms with Gasteiger partial charge in [-0.3, -0.25) is 9.59 Å². The largest absolute Gasteiger partial charge is 0.353 e. The minimum Gasteiger partial charge on any atom is -0.353 e. The van der Waals surface area contributed by atoms with Crippen LogP contribution in [-0.2, 0) is 6.54 Å². The number of para-hydroxylation sites is 1. The Morgan fingerprint density at radius 3 is 2.68 bits per heavy atom. The molecule has 4 rings (SSSR count). The molecular formula is C19H15N3O2S. The van der Waals surface area contributed by atoms with Gasteiger partial charge in [-0.25, -0.2) is 0 Å². The molecule has 25 heavy (non-hydrogen) atoms. The van der Waals surface area contributed by atoms with Crippen molar-refractivity contribution in [1.82, 2.24) is 5.32 Å². The standard InChI is InChI=1S/C19H15N3O2S/c23-18(20-11-13-4-3-9-25-13)12-7-8-16-17(10-12)22-19(24)14-5-1-2-6-15(14)21-16/h1-10,21H,11H2,(H,20,23)(H,22,24). The third-order valence-electron chi connectivity index (χ3n) is 3.97. The normalized spacial score (nSPS) is 12.2. The van der Waals surface area contributed by atoms with E-state index in [9.17, 15) is 9.59 Å². The molecule has 0 spiro atoms. The number of hydrogen-bond acceptors (Lipinski definition) is 4. The van der Waals surface area contributed by atoms with E-state index in [2.05, 4.69) is 16.0 Å². The van der Waals surface area contributed by atoms with Crippen LogP contribution in [0.15, 0.2) is 60.0 Å². The predicted octanol–water partition coefficient (Wildman–Crippen LogP) is 3.99. The van der Waals surface area contributed by atoms with Crippen LogP contribution in [0.5, 0.6) is 0 Å². The molecule has 0 fully saturated rings. The van der Waals surface area contributed by atoms with Gasteiger partial charge in [0.1, 0.15) is 0 Å². The number of anilines is 3. The molecule has 124 valence electrons. The van der Waals surface area contributed by atoms with Gasteiger partial charge >= 0.3 is 0 Å². The van der Waals surface area contributed by atoms with Crippen molar-refractivity contribution in [3.63, 3.8) is 0 Å². The first-order chi connectivity index (χ1) is 12.2. The Labute approximate surface area is 148 Å². The van der Waals surface area contributed by atoms with Crippen molar-refractivity contribution < 1.29 is 9.59 Å². The summed E-state index contributed by atoms with van der Waals surface area (Å²) in [4.78, 5) is 25.8. The molecule has 0 atom stereocenters. The monoisotopic (exact) mass is 349 g/mol. The molecule has 1 aliphatic rings. The van der Waals surface area contributed by atoms with E-state index >= 15 is 0 Å². The van der Waals surface area contributed by atoms with Gasteiger partial charge in [0.15, 0.2) is 0 Å². The molecule has 6 heteroatoms. The van der Waals surface area contributed by atoms with Gasteiger partial charge in [0.2, 0.25) is 0 Å². The van der Waals surface area contributed by atoms with E-state index in [4.69, 9.17) is 0 Å². The minimum absolute atomic E-state index is 0.174. The SMILES string of the molecule is O=C(NCc1cccs1)c1ccc2c(c1)NC(=O)c1ccccc1N2. The van der Waals surface area contributed by atoms with Crippen molar-refractivity contribution in [3.8, 4) is 0 Å². The second kappa shape index (κ2) is 6.41. The van der Waals surface area contributed by atoms with Crippen LogP contribution < -0.4 is 16.0 Å². The Morgan fingerprint density at radius 2 is 1.84 bits per heavy atom. The Bertz CT molecular complexity index is 951. The summed E-state index contributed by atoms with van der Waals surface area (Å²) in [5.74, 6) is -0.370. The van der Waals surface area contributed by atoms with Gasteiger partial charge in [0.25, 0.3) is 11.8 Å². The zero-order valence-electron chi connectivity index (χ0n) is 13.2. The Kier molecular flexibility index (Phi) is 3.95. The quantitative estimate of drug-likeness (QED) is 0.670. The molecule has 0 bridgehead atoms. The number of hydrogen-bond donors (Lipinski definition) is 3. The fraction of sp³-hybridized carbons (Fsp3) is 0.0526. The molecule has 5 nitrogen and oxygen atoms in total. The maximum atomic E-state index is 12.4. The molecule has 1 aliphatic heterocycles. The van der Waals surface area contributed by atoms with Crippen LogP contribution in [-0.4, -0.2) is 11.8 Å². The van der Waals surface area contributed by atoms with Gasteiger partial charge in [0, 0.05) is 10.4 Å². The molecule has 2 aromatic carbocycles. The van der Waals surface area contributed by atoms with Crippen molar-refractivity contribution in [2.24, 2.45) is 0 Å². The van der Waals surface area contributed by atoms with Gasteiger partial charge in [-0.2, -0.15) is 0 Å². The molecule has 0 radical (unpaired) electrons. The number of carbonyl (C=O) groups is 2. The number of rotatable bonds is 3. The van der Waals surface area contributed by atoms with E-state index in [1.807, 2.05) is 35.7 Å². The lowest BCUT2D eigenvalue weighted by Crippen LogP contribution is -2.22. The van der Waals surface area contributed by atoms with Crippen molar-refractivity contribution in [2.75, 3.05) is 10.6 Å². The van der Waals surface area contributed by atoms with E-state index in [-0.39, 0.29) is 11.8 Å². The summed E-state index contributed by atoms with van der Waals surface area (Å²) in [6.07, 6.45) is 0. The van der Waals surface area contributed by atoms with Crippen molar-refractivity contribution in [3.05, 3.63) is 76.0 Å². The Balaban J connectivity index is 1.57. The van der Waals surface area contributed by atoms with Gasteiger partial charge in [-0.05, 0) is 41.8 Å². The van der Waals surface area contributed by atoms with Crippen LogP contribution >= 0.6 is 11.3 Å². The molecule has 2 heterocycles. The van der Waals surface area contributed by atoms with E-state index in [0.29, 0.717) is 23.4 Å². The second-order valence-corrected chi connectivity index (χ2v) is 6.68. The molecule has 0 aliphatic carbocycles. The lowest BCUT2D eigenvalue weighted by molar-refractivity contribution is 0.0950. The molecule has 0 unspecified atom stereocenters. The number of fused-ring (bicyclic) bond motifs is 2. The third kappa shape index (κ3) is 3.12. The molecule has 0 saturated heterocycles. The highest BCUT2D eigenvalue weighted by molar-refractivity contribution is 7.09. The molecule has 3 N–H and O–H groups in total. The summed E-state index contributed by atoms with van der Waals surface area (Å²) >= 11 is 1.60. The minimum atomic E-state index is -0.196. The van der Waals surface area contributed by atoms with Crippen LogP contribution in [0.25, 0.3) is 0 Å². The first-order valence-electron chi connectivity index (χ1n) is 7.83. The summed E-state index contributed by atoms with van der Waals surface area (Å²) in [5, 5.41) is 11.0. The van der Waals surface area contributed by atoms with E-state index in [1.54, 1.807) is 35.6 Å². The van der Waals surface area contributed by atoms with Crippen molar-refractivity contribution in [1.29, 1.82) is 0 Å². The van der Waals surface area contributed by atoms with Crippen molar-refractivity contribution in [2.45, 2.75) is 6.54 Å². The second-order valence-electron chi connectivity index (χ2n) is 5.65. The topological polar surface area (TPSA) is 70.2 Å². The van der Waals surface area contributed by atoms with Gasteiger partial charge in [-0.15, -0.1) is 11.3 Å². The maximum Gasteiger partial charge on any atom is 0.257 e. The highest BCUT2D eigenvalue weighted by Gasteiger charge is 2.19. The highest BCUT2D eigenvalue weighted by atomic mass is 32.1. The summed E-state index contributed by atoms with van der Waals surface area (Å²) < 4.78 is 0. The van der Waals surface area contributed by atoms with Crippen LogP contribution in [0, 0.1) is 0 Å². The summed E-state index contributed by atoms with van der Waals surface area (Å²) in [6.45, 7) is 0.490. The van der Waals surface area contributed by atoms with Gasteiger partial charge < -0.3 is 16.0 Å². The molecular weight excluding hydrogens is 334 g/mol. The molecule has 0 saturated carbocycles. The summed E-state index contributed by atoms with van der Waals surface area (Å²) in [6, 6.07) is 16.5. The summed E-state index contributed by atoms with van der Waals surface area (Å²) in [7, 11) is 0. The van der Waals surface area contributed by atoms with Crippen molar-refractivity contribution >= 4 is 40.2 Å². The van der Waals surface area contributed by atoms with Gasteiger partial charge in [-0.1, -0.05) is 18.2 Å². The maximum absolute atomic E-state index is 12.4. The fourth-order valence-electron chi connectivity index (χ4n) is 2.71. The van der Waals surface area contributed by atoms with Crippen LogP contribution in [0.4, 0.5) is 17.1 Å². The molecule has 1 aromatic heterocycles. The van der Waals surface area contributed by atoms with E-state index in [0.717, 1.165) is 16.3 Å². The Hall–Kier alpha value is -3.12. The first-order valence-corrected chi connectivity index (χ1v) is 8.71. The van der Waals surface area contributed by atoms with E-state index < -0.39 is 0 Å². The lowest BCUT2D eigenvalue weighted by atomic mass is 10.1. The predicted molar refractivity (Wildman–Crippen MR) is 99.6 cm³/mol. The highest BCUT2D eigenvalue weighted by Crippen LogP contribution is 2.32. The molecule has 3 aromatic rings.